The standard InChI is InChI=1S/C9H18O3/c1-3-9(4-2)11-6-8(5-10)7-12-9/h8,10H,3-7H2,1-2H3. The van der Waals surface area contributed by atoms with E-state index in [4.69, 9.17) is 14.6 Å². The quantitative estimate of drug-likeness (QED) is 0.697. The van der Waals surface area contributed by atoms with Crippen molar-refractivity contribution in [1.29, 1.82) is 0 Å². The second kappa shape index (κ2) is 4.21. The minimum absolute atomic E-state index is 0.156. The lowest BCUT2D eigenvalue weighted by Gasteiger charge is -2.38. The van der Waals surface area contributed by atoms with Crippen molar-refractivity contribution in [2.75, 3.05) is 19.8 Å². The van der Waals surface area contributed by atoms with Crippen LogP contribution >= 0.6 is 0 Å². The van der Waals surface area contributed by atoms with Crippen molar-refractivity contribution in [3.63, 3.8) is 0 Å². The molecule has 3 heteroatoms. The number of rotatable bonds is 3. The molecule has 0 bridgehead atoms. The van der Waals surface area contributed by atoms with Crippen molar-refractivity contribution in [3.05, 3.63) is 0 Å². The highest BCUT2D eigenvalue weighted by molar-refractivity contribution is 4.72. The summed E-state index contributed by atoms with van der Waals surface area (Å²) in [7, 11) is 0. The maximum atomic E-state index is 8.85. The second-order valence-electron chi connectivity index (χ2n) is 3.29. The molecule has 1 aliphatic rings. The lowest BCUT2D eigenvalue weighted by atomic mass is 10.1. The number of hydrogen-bond acceptors (Lipinski definition) is 3. The van der Waals surface area contributed by atoms with Crippen molar-refractivity contribution < 1.29 is 14.6 Å². The van der Waals surface area contributed by atoms with Crippen LogP contribution in [0.5, 0.6) is 0 Å². The monoisotopic (exact) mass is 174 g/mol. The Morgan fingerprint density at radius 1 is 1.25 bits per heavy atom. The zero-order valence-electron chi connectivity index (χ0n) is 7.88. The Morgan fingerprint density at radius 3 is 2.08 bits per heavy atom. The molecule has 0 radical (unpaired) electrons. The molecule has 1 N–H and O–H groups in total. The van der Waals surface area contributed by atoms with Gasteiger partial charge in [0.25, 0.3) is 0 Å². The molecular weight excluding hydrogens is 156 g/mol. The third kappa shape index (κ3) is 1.97. The molecule has 1 aliphatic heterocycles. The van der Waals surface area contributed by atoms with Crippen LogP contribution in [0.2, 0.25) is 0 Å². The summed E-state index contributed by atoms with van der Waals surface area (Å²) in [6, 6.07) is 0. The Labute approximate surface area is 73.7 Å². The normalized spacial score (nSPS) is 24.2. The van der Waals surface area contributed by atoms with E-state index in [0.29, 0.717) is 13.2 Å². The Bertz CT molecular complexity index is 122. The summed E-state index contributed by atoms with van der Waals surface area (Å²) >= 11 is 0. The van der Waals surface area contributed by atoms with Gasteiger partial charge < -0.3 is 14.6 Å². The van der Waals surface area contributed by atoms with Crippen LogP contribution in [-0.4, -0.2) is 30.7 Å². The van der Waals surface area contributed by atoms with Crippen LogP contribution in [0.15, 0.2) is 0 Å². The molecule has 3 nitrogen and oxygen atoms in total. The number of aliphatic hydroxyl groups excluding tert-OH is 1. The SMILES string of the molecule is CCC1(CC)OCC(CO)CO1. The summed E-state index contributed by atoms with van der Waals surface area (Å²) < 4.78 is 11.2. The van der Waals surface area contributed by atoms with Gasteiger partial charge in [-0.25, -0.2) is 0 Å². The Balaban J connectivity index is 2.42. The van der Waals surface area contributed by atoms with Crippen molar-refractivity contribution in [3.8, 4) is 0 Å². The van der Waals surface area contributed by atoms with Crippen LogP contribution < -0.4 is 0 Å². The lowest BCUT2D eigenvalue weighted by molar-refractivity contribution is -0.288. The minimum atomic E-state index is -0.369. The van der Waals surface area contributed by atoms with E-state index in [1.807, 2.05) is 0 Å². The molecule has 1 saturated heterocycles. The highest BCUT2D eigenvalue weighted by atomic mass is 16.7. The van der Waals surface area contributed by atoms with Gasteiger partial charge in [0.05, 0.1) is 19.8 Å². The van der Waals surface area contributed by atoms with E-state index in [-0.39, 0.29) is 18.3 Å². The van der Waals surface area contributed by atoms with Gasteiger partial charge in [-0.1, -0.05) is 13.8 Å². The molecule has 1 heterocycles. The average Bonchev–Trinajstić information content (AvgIpc) is 2.18. The van der Waals surface area contributed by atoms with E-state index in [1.165, 1.54) is 0 Å². The predicted molar refractivity (Wildman–Crippen MR) is 45.8 cm³/mol. The van der Waals surface area contributed by atoms with E-state index in [2.05, 4.69) is 13.8 Å². The fourth-order valence-corrected chi connectivity index (χ4v) is 1.39. The largest absolute Gasteiger partial charge is 0.396 e. The third-order valence-corrected chi connectivity index (χ3v) is 2.50. The zero-order valence-corrected chi connectivity index (χ0v) is 7.88. The molecule has 0 saturated carbocycles. The van der Waals surface area contributed by atoms with E-state index in [0.717, 1.165) is 12.8 Å². The van der Waals surface area contributed by atoms with Gasteiger partial charge in [0.2, 0.25) is 0 Å². The highest BCUT2D eigenvalue weighted by Gasteiger charge is 2.33. The number of aliphatic hydroxyl groups is 1. The molecule has 72 valence electrons. The van der Waals surface area contributed by atoms with Crippen LogP contribution in [0.1, 0.15) is 26.7 Å². The average molecular weight is 174 g/mol. The van der Waals surface area contributed by atoms with E-state index >= 15 is 0 Å². The molecule has 0 aliphatic carbocycles. The maximum absolute atomic E-state index is 8.85. The predicted octanol–water partition coefficient (Wildman–Crippen LogP) is 1.16. The fourth-order valence-electron chi connectivity index (χ4n) is 1.39. The first-order valence-corrected chi connectivity index (χ1v) is 4.65. The summed E-state index contributed by atoms with van der Waals surface area (Å²) in [4.78, 5) is 0. The third-order valence-electron chi connectivity index (χ3n) is 2.50. The van der Waals surface area contributed by atoms with Gasteiger partial charge >= 0.3 is 0 Å². The molecule has 0 aromatic heterocycles. The number of ether oxygens (including phenoxy) is 2. The van der Waals surface area contributed by atoms with Gasteiger partial charge in [0, 0.05) is 5.92 Å². The van der Waals surface area contributed by atoms with Crippen molar-refractivity contribution >= 4 is 0 Å². The van der Waals surface area contributed by atoms with Crippen LogP contribution in [0.25, 0.3) is 0 Å². The second-order valence-corrected chi connectivity index (χ2v) is 3.29. The van der Waals surface area contributed by atoms with Gasteiger partial charge in [-0.05, 0) is 12.8 Å². The number of hydrogen-bond donors (Lipinski definition) is 1. The van der Waals surface area contributed by atoms with Gasteiger partial charge in [-0.3, -0.25) is 0 Å². The molecule has 0 aromatic carbocycles. The molecule has 0 atom stereocenters. The highest BCUT2D eigenvalue weighted by Crippen LogP contribution is 2.27. The molecule has 12 heavy (non-hydrogen) atoms. The van der Waals surface area contributed by atoms with Crippen LogP contribution in [0, 0.1) is 5.92 Å². The summed E-state index contributed by atoms with van der Waals surface area (Å²) in [6.45, 7) is 5.52. The van der Waals surface area contributed by atoms with Crippen molar-refractivity contribution in [2.24, 2.45) is 5.92 Å². The molecular formula is C9H18O3. The summed E-state index contributed by atoms with van der Waals surface area (Å²) in [5.74, 6) is -0.206. The van der Waals surface area contributed by atoms with E-state index in [1.54, 1.807) is 0 Å². The smallest absolute Gasteiger partial charge is 0.167 e. The Hall–Kier alpha value is -0.120. The summed E-state index contributed by atoms with van der Waals surface area (Å²) in [5, 5.41) is 8.85. The van der Waals surface area contributed by atoms with Crippen molar-refractivity contribution in [1.82, 2.24) is 0 Å². The Morgan fingerprint density at radius 2 is 1.75 bits per heavy atom. The molecule has 0 amide bonds. The molecule has 0 aromatic rings. The first-order valence-electron chi connectivity index (χ1n) is 4.65. The van der Waals surface area contributed by atoms with E-state index in [9.17, 15) is 0 Å². The topological polar surface area (TPSA) is 38.7 Å². The summed E-state index contributed by atoms with van der Waals surface area (Å²) in [5.41, 5.74) is 0. The summed E-state index contributed by atoms with van der Waals surface area (Å²) in [6.07, 6.45) is 1.75. The zero-order chi connectivity index (χ0) is 9.03. The first-order chi connectivity index (χ1) is 5.76. The lowest BCUT2D eigenvalue weighted by Crippen LogP contribution is -2.44. The van der Waals surface area contributed by atoms with Crippen LogP contribution in [-0.2, 0) is 9.47 Å². The van der Waals surface area contributed by atoms with Gasteiger partial charge in [0.1, 0.15) is 0 Å². The fraction of sp³-hybridized carbons (Fsp3) is 1.00. The molecule has 0 unspecified atom stereocenters. The van der Waals surface area contributed by atoms with E-state index < -0.39 is 0 Å². The first kappa shape index (κ1) is 9.96. The van der Waals surface area contributed by atoms with Crippen molar-refractivity contribution in [2.45, 2.75) is 32.5 Å². The minimum Gasteiger partial charge on any atom is -0.396 e. The Kier molecular flexibility index (Phi) is 3.50. The van der Waals surface area contributed by atoms with Crippen LogP contribution in [0.3, 0.4) is 0 Å². The molecule has 1 fully saturated rings. The van der Waals surface area contributed by atoms with Gasteiger partial charge in [-0.2, -0.15) is 0 Å². The maximum Gasteiger partial charge on any atom is 0.167 e. The van der Waals surface area contributed by atoms with Crippen LogP contribution in [0.4, 0.5) is 0 Å². The molecule has 0 spiro atoms. The van der Waals surface area contributed by atoms with Gasteiger partial charge in [-0.15, -0.1) is 0 Å². The molecule has 1 rings (SSSR count). The van der Waals surface area contributed by atoms with Gasteiger partial charge in [0.15, 0.2) is 5.79 Å².